The molecule has 1 aliphatic rings. The second-order valence-corrected chi connectivity index (χ2v) is 6.35. The molecule has 0 spiro atoms. The number of nitrogens with two attached hydrogens (primary N) is 2. The van der Waals surface area contributed by atoms with Crippen molar-refractivity contribution in [2.45, 2.75) is 51.5 Å². The fraction of sp³-hybridized carbons (Fsp3) is 0.667. The summed E-state index contributed by atoms with van der Waals surface area (Å²) in [7, 11) is 0. The van der Waals surface area contributed by atoms with Crippen molar-refractivity contribution in [3.8, 4) is 0 Å². The lowest BCUT2D eigenvalue weighted by Gasteiger charge is -2.43. The topological polar surface area (TPSA) is 64.9 Å². The van der Waals surface area contributed by atoms with E-state index in [1.165, 1.54) is 12.8 Å². The fourth-order valence-electron chi connectivity index (χ4n) is 3.48. The van der Waals surface area contributed by atoms with Crippen LogP contribution >= 0.6 is 0 Å². The molecule has 1 fully saturated rings. The van der Waals surface area contributed by atoms with Crippen LogP contribution in [-0.4, -0.2) is 11.0 Å². The zero-order chi connectivity index (χ0) is 13.3. The summed E-state index contributed by atoms with van der Waals surface area (Å²) < 4.78 is 0. The third kappa shape index (κ3) is 2.37. The number of hydrogen-bond acceptors (Lipinski definition) is 3. The second kappa shape index (κ2) is 4.88. The molecule has 0 aromatic carbocycles. The Balaban J connectivity index is 2.28. The maximum Gasteiger partial charge on any atom is 0.127 e. The summed E-state index contributed by atoms with van der Waals surface area (Å²) in [6.45, 7) is 6.79. The van der Waals surface area contributed by atoms with Gasteiger partial charge in [0.15, 0.2) is 0 Å². The van der Waals surface area contributed by atoms with E-state index < -0.39 is 0 Å². The zero-order valence-corrected chi connectivity index (χ0v) is 11.7. The highest BCUT2D eigenvalue weighted by Crippen LogP contribution is 2.42. The van der Waals surface area contributed by atoms with Crippen molar-refractivity contribution in [1.29, 1.82) is 0 Å². The van der Waals surface area contributed by atoms with Crippen LogP contribution in [0.5, 0.6) is 0 Å². The molecule has 1 aliphatic carbocycles. The van der Waals surface area contributed by atoms with Crippen LogP contribution in [0.3, 0.4) is 0 Å². The van der Waals surface area contributed by atoms with Crippen molar-refractivity contribution in [3.63, 3.8) is 0 Å². The Bertz CT molecular complexity index is 414. The van der Waals surface area contributed by atoms with Gasteiger partial charge in [-0.1, -0.05) is 33.3 Å². The lowest BCUT2D eigenvalue weighted by molar-refractivity contribution is 0.171. The zero-order valence-electron chi connectivity index (χ0n) is 11.7. The standard InChI is InChI=1S/C15H25N3/c1-10-6-7-11(13(16)9-10)15(2,3)12-5-4-8-18-14(12)17/h4-5,8,10-11,13H,6-7,9,16H2,1-3H3,(H2,17,18). The third-order valence-electron chi connectivity index (χ3n) is 4.62. The van der Waals surface area contributed by atoms with Crippen LogP contribution in [-0.2, 0) is 5.41 Å². The van der Waals surface area contributed by atoms with Gasteiger partial charge in [-0.05, 0) is 36.2 Å². The normalized spacial score (nSPS) is 29.2. The van der Waals surface area contributed by atoms with Crippen molar-refractivity contribution in [2.75, 3.05) is 5.73 Å². The van der Waals surface area contributed by atoms with Gasteiger partial charge in [0.25, 0.3) is 0 Å². The maximum atomic E-state index is 6.38. The van der Waals surface area contributed by atoms with Crippen LogP contribution in [0.15, 0.2) is 18.3 Å². The number of nitrogens with zero attached hydrogens (tertiary/aromatic N) is 1. The van der Waals surface area contributed by atoms with Crippen molar-refractivity contribution < 1.29 is 0 Å². The van der Waals surface area contributed by atoms with Crippen LogP contribution in [0.25, 0.3) is 0 Å². The predicted octanol–water partition coefficient (Wildman–Crippen LogP) is 2.70. The molecule has 1 saturated carbocycles. The summed E-state index contributed by atoms with van der Waals surface area (Å²) in [6.07, 6.45) is 5.32. The quantitative estimate of drug-likeness (QED) is 0.844. The summed E-state index contributed by atoms with van der Waals surface area (Å²) >= 11 is 0. The van der Waals surface area contributed by atoms with Crippen LogP contribution < -0.4 is 11.5 Å². The van der Waals surface area contributed by atoms with Crippen molar-refractivity contribution in [1.82, 2.24) is 4.98 Å². The molecule has 3 heteroatoms. The molecule has 1 aromatic rings. The minimum Gasteiger partial charge on any atom is -0.383 e. The van der Waals surface area contributed by atoms with Crippen molar-refractivity contribution >= 4 is 5.82 Å². The van der Waals surface area contributed by atoms with E-state index in [-0.39, 0.29) is 11.5 Å². The van der Waals surface area contributed by atoms with Gasteiger partial charge in [0, 0.05) is 17.8 Å². The van der Waals surface area contributed by atoms with E-state index in [0.717, 1.165) is 17.9 Å². The number of nitrogen functional groups attached to an aromatic ring is 1. The Hall–Kier alpha value is -1.09. The molecule has 3 atom stereocenters. The first-order valence-electron chi connectivity index (χ1n) is 6.89. The molecule has 1 heterocycles. The number of anilines is 1. The smallest absolute Gasteiger partial charge is 0.127 e. The molecule has 0 radical (unpaired) electrons. The van der Waals surface area contributed by atoms with E-state index in [4.69, 9.17) is 11.5 Å². The number of aromatic nitrogens is 1. The fourth-order valence-corrected chi connectivity index (χ4v) is 3.48. The van der Waals surface area contributed by atoms with Gasteiger partial charge in [-0.15, -0.1) is 0 Å². The molecule has 2 rings (SSSR count). The molecular weight excluding hydrogens is 222 g/mol. The van der Waals surface area contributed by atoms with Gasteiger partial charge in [-0.25, -0.2) is 4.98 Å². The van der Waals surface area contributed by atoms with Gasteiger partial charge >= 0.3 is 0 Å². The molecule has 1 aromatic heterocycles. The Morgan fingerprint density at radius 2 is 2.06 bits per heavy atom. The highest BCUT2D eigenvalue weighted by atomic mass is 14.8. The van der Waals surface area contributed by atoms with E-state index in [2.05, 4.69) is 31.8 Å². The highest BCUT2D eigenvalue weighted by Gasteiger charge is 2.39. The lowest BCUT2D eigenvalue weighted by Crippen LogP contribution is -2.46. The summed E-state index contributed by atoms with van der Waals surface area (Å²) in [5.41, 5.74) is 13.6. The van der Waals surface area contributed by atoms with Gasteiger partial charge in [-0.2, -0.15) is 0 Å². The first-order chi connectivity index (χ1) is 8.43. The van der Waals surface area contributed by atoms with Crippen molar-refractivity contribution in [2.24, 2.45) is 17.6 Å². The van der Waals surface area contributed by atoms with Gasteiger partial charge < -0.3 is 11.5 Å². The number of rotatable bonds is 2. The molecule has 18 heavy (non-hydrogen) atoms. The highest BCUT2D eigenvalue weighted by molar-refractivity contribution is 5.44. The predicted molar refractivity (Wildman–Crippen MR) is 76.2 cm³/mol. The van der Waals surface area contributed by atoms with Crippen molar-refractivity contribution in [3.05, 3.63) is 23.9 Å². The number of hydrogen-bond donors (Lipinski definition) is 2. The van der Waals surface area contributed by atoms with Gasteiger partial charge in [0.2, 0.25) is 0 Å². The van der Waals surface area contributed by atoms with E-state index in [1.54, 1.807) is 6.20 Å². The summed E-state index contributed by atoms with van der Waals surface area (Å²) in [5, 5.41) is 0. The first-order valence-corrected chi connectivity index (χ1v) is 6.89. The van der Waals surface area contributed by atoms with Gasteiger partial charge in [0.1, 0.15) is 5.82 Å². The molecule has 4 N–H and O–H groups in total. The Kier molecular flexibility index (Phi) is 3.62. The average molecular weight is 247 g/mol. The Morgan fingerprint density at radius 1 is 1.33 bits per heavy atom. The van der Waals surface area contributed by atoms with Crippen LogP contribution in [0, 0.1) is 11.8 Å². The van der Waals surface area contributed by atoms with E-state index >= 15 is 0 Å². The summed E-state index contributed by atoms with van der Waals surface area (Å²) in [5.74, 6) is 1.88. The maximum absolute atomic E-state index is 6.38. The number of pyridine rings is 1. The minimum absolute atomic E-state index is 0.00208. The molecule has 3 unspecified atom stereocenters. The third-order valence-corrected chi connectivity index (χ3v) is 4.62. The molecule has 3 nitrogen and oxygen atoms in total. The van der Waals surface area contributed by atoms with Crippen LogP contribution in [0.2, 0.25) is 0 Å². The van der Waals surface area contributed by atoms with Crippen LogP contribution in [0.4, 0.5) is 5.82 Å². The molecule has 0 amide bonds. The van der Waals surface area contributed by atoms with Crippen LogP contribution in [0.1, 0.15) is 45.6 Å². The molecule has 0 bridgehead atoms. The van der Waals surface area contributed by atoms with Gasteiger partial charge in [-0.3, -0.25) is 0 Å². The lowest BCUT2D eigenvalue weighted by atomic mass is 9.64. The first kappa shape index (κ1) is 13.3. The monoisotopic (exact) mass is 247 g/mol. The SMILES string of the molecule is CC1CCC(C(C)(C)c2cccnc2N)C(N)C1. The van der Waals surface area contributed by atoms with E-state index in [1.807, 2.05) is 6.07 Å². The Morgan fingerprint density at radius 3 is 2.67 bits per heavy atom. The van der Waals surface area contributed by atoms with Gasteiger partial charge in [0.05, 0.1) is 0 Å². The van der Waals surface area contributed by atoms with E-state index in [9.17, 15) is 0 Å². The molecule has 0 saturated heterocycles. The molecule has 0 aliphatic heterocycles. The second-order valence-electron chi connectivity index (χ2n) is 6.35. The summed E-state index contributed by atoms with van der Waals surface area (Å²) in [4.78, 5) is 4.22. The average Bonchev–Trinajstić information content (AvgIpc) is 2.28. The summed E-state index contributed by atoms with van der Waals surface area (Å²) in [6, 6.07) is 4.32. The largest absolute Gasteiger partial charge is 0.383 e. The molecule has 100 valence electrons. The Labute approximate surface area is 110 Å². The molecular formula is C15H25N3. The van der Waals surface area contributed by atoms with E-state index in [0.29, 0.717) is 11.7 Å². The minimum atomic E-state index is -0.00208.